The molecule has 3 heterocycles. The van der Waals surface area contributed by atoms with Crippen LogP contribution in [0.2, 0.25) is 15.2 Å². The van der Waals surface area contributed by atoms with E-state index in [0.717, 1.165) is 6.07 Å². The summed E-state index contributed by atoms with van der Waals surface area (Å²) in [6, 6.07) is 7.82. The summed E-state index contributed by atoms with van der Waals surface area (Å²) in [5.74, 6) is -6.13. The summed E-state index contributed by atoms with van der Waals surface area (Å²) < 4.78 is 45.8. The predicted octanol–water partition coefficient (Wildman–Crippen LogP) is 4.57. The molecule has 0 saturated heterocycles. The zero-order valence-corrected chi connectivity index (χ0v) is 19.6. The fourth-order valence-electron chi connectivity index (χ4n) is 3.23. The Hall–Kier alpha value is -3.12. The highest BCUT2D eigenvalue weighted by Gasteiger charge is 2.41. The fourth-order valence-corrected chi connectivity index (χ4v) is 3.73. The lowest BCUT2D eigenvalue weighted by molar-refractivity contribution is -0.108. The molecule has 182 valence electrons. The smallest absolute Gasteiger partial charge is 0.295 e. The summed E-state index contributed by atoms with van der Waals surface area (Å²) >= 11 is 17.4. The normalized spacial score (nSPS) is 12.7. The number of carbonyl (C=O) groups is 1. The summed E-state index contributed by atoms with van der Waals surface area (Å²) in [5, 5.41) is 15.3. The van der Waals surface area contributed by atoms with Gasteiger partial charge in [0.25, 0.3) is 11.8 Å². The van der Waals surface area contributed by atoms with E-state index < -0.39 is 41.6 Å². The van der Waals surface area contributed by atoms with Crippen molar-refractivity contribution < 1.29 is 23.1 Å². The Labute approximate surface area is 210 Å². The Bertz CT molecular complexity index is 1450. The molecular weight excluding hydrogens is 532 g/mol. The molecule has 8 nitrogen and oxygen atoms in total. The maximum Gasteiger partial charge on any atom is 0.295 e. The molecule has 1 aromatic carbocycles. The predicted molar refractivity (Wildman–Crippen MR) is 124 cm³/mol. The molecule has 0 bridgehead atoms. The van der Waals surface area contributed by atoms with E-state index in [2.05, 4.69) is 15.1 Å². The Kier molecular flexibility index (Phi) is 6.78. The Morgan fingerprint density at radius 1 is 1.14 bits per heavy atom. The standard InChI is InChI=1S/C21H14Cl3F3N6O2/c22-11-2-1-10(9-5-6-33-14(7-9)31-20(28)32-33)16(25)15(11)19(35)29-8-21(26,27)17(34)13-4-3-12(23)18(24)30-13/h1-7,17,34H,8H2,(H2,28,32)(H,29,35)/t17-/m0/s1. The Morgan fingerprint density at radius 2 is 1.86 bits per heavy atom. The summed E-state index contributed by atoms with van der Waals surface area (Å²) in [6.45, 7) is -1.35. The van der Waals surface area contributed by atoms with Gasteiger partial charge in [0.15, 0.2) is 11.8 Å². The molecule has 4 N–H and O–H groups in total. The number of amides is 1. The number of fused-ring (bicyclic) bond motifs is 1. The highest BCUT2D eigenvalue weighted by molar-refractivity contribution is 6.41. The van der Waals surface area contributed by atoms with E-state index in [1.54, 1.807) is 0 Å². The number of benzene rings is 1. The number of aromatic nitrogens is 4. The second kappa shape index (κ2) is 9.50. The lowest BCUT2D eigenvalue weighted by atomic mass is 10.0. The van der Waals surface area contributed by atoms with Gasteiger partial charge in [-0.2, -0.15) is 4.98 Å². The lowest BCUT2D eigenvalue weighted by Crippen LogP contribution is -2.41. The molecule has 0 spiro atoms. The Balaban J connectivity index is 1.57. The van der Waals surface area contributed by atoms with Crippen LogP contribution in [-0.4, -0.2) is 43.1 Å². The SMILES string of the molecule is Nc1nc2cc(-c3ccc(Cl)c(C(=O)NCC(F)(F)[C@@H](O)c4ccc(Cl)c(Cl)n4)c3F)ccn2n1. The molecule has 0 aliphatic rings. The van der Waals surface area contributed by atoms with Gasteiger partial charge in [-0.1, -0.05) is 34.8 Å². The molecule has 0 radical (unpaired) electrons. The molecule has 0 fully saturated rings. The van der Waals surface area contributed by atoms with Crippen LogP contribution in [0.3, 0.4) is 0 Å². The zero-order valence-electron chi connectivity index (χ0n) is 17.3. The molecule has 0 saturated carbocycles. The number of nitrogens with two attached hydrogens (primary N) is 1. The minimum Gasteiger partial charge on any atom is -0.380 e. The number of anilines is 1. The second-order valence-electron chi connectivity index (χ2n) is 7.33. The summed E-state index contributed by atoms with van der Waals surface area (Å²) in [7, 11) is 0. The molecule has 1 atom stereocenters. The van der Waals surface area contributed by atoms with Gasteiger partial charge in [0, 0.05) is 11.8 Å². The van der Waals surface area contributed by atoms with Crippen LogP contribution in [0, 0.1) is 5.82 Å². The van der Waals surface area contributed by atoms with Crippen LogP contribution in [-0.2, 0) is 0 Å². The van der Waals surface area contributed by atoms with Gasteiger partial charge in [-0.3, -0.25) is 4.79 Å². The number of hydrogen-bond donors (Lipinski definition) is 3. The van der Waals surface area contributed by atoms with Gasteiger partial charge in [0.05, 0.1) is 27.8 Å². The van der Waals surface area contributed by atoms with Crippen molar-refractivity contribution in [3.8, 4) is 11.1 Å². The number of nitrogens with one attached hydrogen (secondary N) is 1. The van der Waals surface area contributed by atoms with Crippen molar-refractivity contribution in [1.29, 1.82) is 0 Å². The minimum absolute atomic E-state index is 0.0101. The number of nitrogens with zero attached hydrogens (tertiary/aromatic N) is 4. The van der Waals surface area contributed by atoms with Crippen molar-refractivity contribution in [3.05, 3.63) is 74.9 Å². The molecule has 1 amide bonds. The van der Waals surface area contributed by atoms with Crippen LogP contribution in [0.25, 0.3) is 16.8 Å². The van der Waals surface area contributed by atoms with E-state index in [-0.39, 0.29) is 26.7 Å². The first kappa shape index (κ1) is 25.0. The third-order valence-corrected chi connectivity index (χ3v) is 5.98. The zero-order chi connectivity index (χ0) is 25.5. The first-order valence-corrected chi connectivity index (χ1v) is 10.9. The van der Waals surface area contributed by atoms with Gasteiger partial charge in [-0.25, -0.2) is 22.7 Å². The average molecular weight is 546 g/mol. The largest absolute Gasteiger partial charge is 0.380 e. The average Bonchev–Trinajstić information content (AvgIpc) is 3.18. The van der Waals surface area contributed by atoms with Crippen molar-refractivity contribution in [2.75, 3.05) is 12.3 Å². The molecule has 0 unspecified atom stereocenters. The van der Waals surface area contributed by atoms with Crippen molar-refractivity contribution in [2.24, 2.45) is 0 Å². The molecule has 35 heavy (non-hydrogen) atoms. The monoisotopic (exact) mass is 544 g/mol. The van der Waals surface area contributed by atoms with Gasteiger partial charge in [-0.15, -0.1) is 5.10 Å². The van der Waals surface area contributed by atoms with Crippen molar-refractivity contribution >= 4 is 52.3 Å². The summed E-state index contributed by atoms with van der Waals surface area (Å²) in [5.41, 5.74) is 5.05. The van der Waals surface area contributed by atoms with E-state index in [1.165, 1.54) is 41.0 Å². The van der Waals surface area contributed by atoms with E-state index >= 15 is 4.39 Å². The maximum atomic E-state index is 15.3. The lowest BCUT2D eigenvalue weighted by Gasteiger charge is -2.23. The molecule has 0 aliphatic heterocycles. The van der Waals surface area contributed by atoms with Crippen LogP contribution in [0.4, 0.5) is 19.1 Å². The van der Waals surface area contributed by atoms with Crippen molar-refractivity contribution in [3.63, 3.8) is 0 Å². The molecule has 4 aromatic rings. The third-order valence-electron chi connectivity index (χ3n) is 4.97. The van der Waals surface area contributed by atoms with E-state index in [4.69, 9.17) is 40.5 Å². The van der Waals surface area contributed by atoms with Crippen LogP contribution < -0.4 is 11.1 Å². The van der Waals surface area contributed by atoms with Gasteiger partial charge >= 0.3 is 0 Å². The number of hydrogen-bond acceptors (Lipinski definition) is 6. The first-order valence-electron chi connectivity index (χ1n) is 9.74. The number of rotatable bonds is 6. The van der Waals surface area contributed by atoms with E-state index in [9.17, 15) is 18.7 Å². The van der Waals surface area contributed by atoms with Crippen LogP contribution in [0.15, 0.2) is 42.6 Å². The van der Waals surface area contributed by atoms with Gasteiger partial charge in [0.1, 0.15) is 11.0 Å². The topological polar surface area (TPSA) is 118 Å². The second-order valence-corrected chi connectivity index (χ2v) is 8.50. The number of alkyl halides is 2. The van der Waals surface area contributed by atoms with Crippen molar-refractivity contribution in [2.45, 2.75) is 12.0 Å². The van der Waals surface area contributed by atoms with Crippen LogP contribution in [0.1, 0.15) is 22.2 Å². The van der Waals surface area contributed by atoms with Gasteiger partial charge < -0.3 is 16.2 Å². The maximum absolute atomic E-state index is 15.3. The molecule has 4 rings (SSSR count). The number of halogens is 6. The number of aliphatic hydroxyl groups is 1. The highest BCUT2D eigenvalue weighted by atomic mass is 35.5. The van der Waals surface area contributed by atoms with E-state index in [0.29, 0.717) is 11.2 Å². The van der Waals surface area contributed by atoms with Crippen molar-refractivity contribution in [1.82, 2.24) is 24.9 Å². The number of carbonyl (C=O) groups excluding carboxylic acids is 1. The van der Waals surface area contributed by atoms with Crippen LogP contribution >= 0.6 is 34.8 Å². The number of pyridine rings is 2. The van der Waals surface area contributed by atoms with Gasteiger partial charge in [0.2, 0.25) is 5.95 Å². The minimum atomic E-state index is -3.89. The molecule has 14 heteroatoms. The van der Waals surface area contributed by atoms with E-state index in [1.807, 2.05) is 5.32 Å². The van der Waals surface area contributed by atoms with Crippen LogP contribution in [0.5, 0.6) is 0 Å². The molecule has 0 aliphatic carbocycles. The first-order chi connectivity index (χ1) is 16.5. The third kappa shape index (κ3) is 4.98. The summed E-state index contributed by atoms with van der Waals surface area (Å²) in [4.78, 5) is 20.2. The summed E-state index contributed by atoms with van der Waals surface area (Å²) in [6.07, 6.45) is -0.938. The van der Waals surface area contributed by atoms with Gasteiger partial charge in [-0.05, 0) is 42.0 Å². The Morgan fingerprint density at radius 3 is 2.57 bits per heavy atom. The molecular formula is C21H14Cl3F3N6O2. The fraction of sp³-hybridized carbons (Fsp3) is 0.143. The highest BCUT2D eigenvalue weighted by Crippen LogP contribution is 2.33. The number of aliphatic hydroxyl groups excluding tert-OH is 1. The number of nitrogen functional groups attached to an aromatic ring is 1. The quantitative estimate of drug-likeness (QED) is 0.306. The molecule has 3 aromatic heterocycles.